The molecule has 1 aliphatic rings. The molecule has 4 nitrogen and oxygen atoms in total. The zero-order valence-corrected chi connectivity index (χ0v) is 11.2. The van der Waals surface area contributed by atoms with E-state index in [0.717, 1.165) is 10.8 Å². The molecule has 18 heavy (non-hydrogen) atoms. The van der Waals surface area contributed by atoms with Crippen LogP contribution in [0.25, 0.3) is 0 Å². The minimum absolute atomic E-state index is 0.0210. The quantitative estimate of drug-likeness (QED) is 0.823. The van der Waals surface area contributed by atoms with Gasteiger partial charge in [-0.05, 0) is 19.1 Å². The van der Waals surface area contributed by atoms with Crippen LogP contribution < -0.4 is 0 Å². The highest BCUT2D eigenvalue weighted by molar-refractivity contribution is 7.72. The minimum atomic E-state index is -1.74. The highest BCUT2D eigenvalue weighted by Gasteiger charge is 2.46. The second kappa shape index (κ2) is 4.76. The second-order valence-corrected chi connectivity index (χ2v) is 5.21. The number of aliphatic hydroxyl groups is 1. The molecule has 1 aliphatic heterocycles. The first kappa shape index (κ1) is 13.7. The van der Waals surface area contributed by atoms with E-state index in [0.29, 0.717) is 0 Å². The average Bonchev–Trinajstić information content (AvgIpc) is 2.59. The minimum Gasteiger partial charge on any atom is -0.394 e. The van der Waals surface area contributed by atoms with Gasteiger partial charge < -0.3 is 14.8 Å². The largest absolute Gasteiger partial charge is 0.394 e. The van der Waals surface area contributed by atoms with Crippen molar-refractivity contribution in [2.45, 2.75) is 31.3 Å². The number of nitrogens with one attached hydrogen (secondary N) is 1. The highest BCUT2D eigenvalue weighted by Crippen LogP contribution is 2.40. The van der Waals surface area contributed by atoms with Crippen LogP contribution in [0.15, 0.2) is 6.20 Å². The van der Waals surface area contributed by atoms with E-state index in [-0.39, 0.29) is 22.4 Å². The molecule has 2 rings (SSSR count). The summed E-state index contributed by atoms with van der Waals surface area (Å²) in [5.41, 5.74) is -1.74. The number of aromatic amines is 1. The van der Waals surface area contributed by atoms with E-state index in [1.165, 1.54) is 6.92 Å². The van der Waals surface area contributed by atoms with Gasteiger partial charge in [-0.15, -0.1) is 0 Å². The van der Waals surface area contributed by atoms with Crippen LogP contribution in [0.4, 0.5) is 8.78 Å². The van der Waals surface area contributed by atoms with E-state index in [1.807, 2.05) is 0 Å². The van der Waals surface area contributed by atoms with Gasteiger partial charge in [0, 0.05) is 12.6 Å². The zero-order valence-electron chi connectivity index (χ0n) is 9.52. The van der Waals surface area contributed by atoms with Crippen LogP contribution in [-0.2, 0) is 4.74 Å². The zero-order chi connectivity index (χ0) is 13.5. The number of nitrogens with zero attached hydrogens (tertiary/aromatic N) is 1. The van der Waals surface area contributed by atoms with Crippen LogP contribution in [0.3, 0.4) is 0 Å². The molecule has 0 amide bonds. The maximum absolute atomic E-state index is 14.3. The summed E-state index contributed by atoms with van der Waals surface area (Å²) in [5, 5.41) is 9.01. The molecule has 2 N–H and O–H groups in total. The number of ether oxygens (including phenoxy) is 1. The standard InChI is InChI=1S/C10H12F2N2O2S2/c1-10(12)2-5(4-15)16-8(10)14-3-6(11)7(17)13-9(14)18/h3,5,8,15H,2,4H2,1H3,(H,13,17,18). The third-order valence-corrected chi connectivity index (χ3v) is 3.45. The van der Waals surface area contributed by atoms with E-state index in [2.05, 4.69) is 4.98 Å². The Hall–Kier alpha value is -0.700. The Morgan fingerprint density at radius 1 is 1.67 bits per heavy atom. The van der Waals surface area contributed by atoms with E-state index in [1.54, 1.807) is 0 Å². The number of alkyl halides is 1. The molecule has 0 aromatic carbocycles. The molecule has 1 saturated heterocycles. The smallest absolute Gasteiger partial charge is 0.180 e. The summed E-state index contributed by atoms with van der Waals surface area (Å²) in [7, 11) is 0. The van der Waals surface area contributed by atoms with Crippen molar-refractivity contribution in [3.63, 3.8) is 0 Å². The molecule has 100 valence electrons. The van der Waals surface area contributed by atoms with Crippen LogP contribution in [0.2, 0.25) is 0 Å². The Bertz CT molecular complexity index is 570. The molecule has 1 fully saturated rings. The number of rotatable bonds is 2. The number of hydrogen-bond donors (Lipinski definition) is 2. The Labute approximate surface area is 112 Å². The van der Waals surface area contributed by atoms with Crippen molar-refractivity contribution in [2.24, 2.45) is 0 Å². The average molecular weight is 294 g/mol. The fraction of sp³-hybridized carbons (Fsp3) is 0.600. The number of halogens is 2. The monoisotopic (exact) mass is 294 g/mol. The molecule has 8 heteroatoms. The fourth-order valence-electron chi connectivity index (χ4n) is 2.02. The van der Waals surface area contributed by atoms with Crippen molar-refractivity contribution in [3.05, 3.63) is 21.4 Å². The Morgan fingerprint density at radius 3 is 2.89 bits per heavy atom. The van der Waals surface area contributed by atoms with Gasteiger partial charge in [0.25, 0.3) is 0 Å². The van der Waals surface area contributed by atoms with Crippen LogP contribution in [-0.4, -0.2) is 33.0 Å². The maximum atomic E-state index is 14.3. The van der Waals surface area contributed by atoms with Crippen molar-refractivity contribution in [3.8, 4) is 0 Å². The summed E-state index contributed by atoms with van der Waals surface area (Å²) in [6, 6.07) is 0. The molecular formula is C10H12F2N2O2S2. The molecule has 0 radical (unpaired) electrons. The third kappa shape index (κ3) is 2.37. The topological polar surface area (TPSA) is 50.2 Å². The molecular weight excluding hydrogens is 282 g/mol. The summed E-state index contributed by atoms with van der Waals surface area (Å²) in [6.07, 6.45) is -0.669. The van der Waals surface area contributed by atoms with Gasteiger partial charge in [-0.3, -0.25) is 4.57 Å². The number of aromatic nitrogens is 2. The molecule has 3 unspecified atom stereocenters. The lowest BCUT2D eigenvalue weighted by molar-refractivity contribution is -0.0604. The molecule has 3 atom stereocenters. The molecule has 0 aliphatic carbocycles. The SMILES string of the molecule is CC1(F)CC(CO)OC1n1cc(F)c(=S)[nH]c1=S. The number of hydrogen-bond acceptors (Lipinski definition) is 4. The number of aliphatic hydroxyl groups excluding tert-OH is 1. The van der Waals surface area contributed by atoms with Gasteiger partial charge in [-0.25, -0.2) is 8.78 Å². The van der Waals surface area contributed by atoms with Crippen molar-refractivity contribution in [2.75, 3.05) is 6.61 Å². The molecule has 2 heterocycles. The van der Waals surface area contributed by atoms with E-state index < -0.39 is 23.8 Å². The Morgan fingerprint density at radius 2 is 2.33 bits per heavy atom. The van der Waals surface area contributed by atoms with E-state index >= 15 is 0 Å². The van der Waals surface area contributed by atoms with Crippen LogP contribution in [0.1, 0.15) is 19.6 Å². The highest BCUT2D eigenvalue weighted by atomic mass is 32.1. The van der Waals surface area contributed by atoms with Crippen molar-refractivity contribution in [1.29, 1.82) is 0 Å². The first-order valence-corrected chi connectivity index (χ1v) is 6.13. The van der Waals surface area contributed by atoms with Crippen LogP contribution in [0, 0.1) is 15.2 Å². The van der Waals surface area contributed by atoms with Gasteiger partial charge in [0.1, 0.15) is 4.64 Å². The Kier molecular flexibility index (Phi) is 3.63. The molecule has 0 spiro atoms. The first-order chi connectivity index (χ1) is 8.35. The van der Waals surface area contributed by atoms with Crippen molar-refractivity contribution >= 4 is 24.4 Å². The summed E-state index contributed by atoms with van der Waals surface area (Å²) < 4.78 is 34.2. The summed E-state index contributed by atoms with van der Waals surface area (Å²) in [4.78, 5) is 2.46. The number of H-pyrrole nitrogens is 1. The van der Waals surface area contributed by atoms with E-state index in [4.69, 9.17) is 34.3 Å². The second-order valence-electron chi connectivity index (χ2n) is 4.42. The first-order valence-electron chi connectivity index (χ1n) is 5.31. The van der Waals surface area contributed by atoms with Gasteiger partial charge in [-0.1, -0.05) is 12.2 Å². The van der Waals surface area contributed by atoms with Gasteiger partial charge in [0.2, 0.25) is 0 Å². The third-order valence-electron chi connectivity index (χ3n) is 2.84. The molecule has 1 aromatic heterocycles. The normalized spacial score (nSPS) is 31.8. The van der Waals surface area contributed by atoms with Crippen molar-refractivity contribution in [1.82, 2.24) is 9.55 Å². The Balaban J connectivity index is 2.46. The summed E-state index contributed by atoms with van der Waals surface area (Å²) in [6.45, 7) is 1.03. The van der Waals surface area contributed by atoms with Gasteiger partial charge in [0.05, 0.1) is 12.7 Å². The fourth-order valence-corrected chi connectivity index (χ4v) is 2.48. The molecule has 0 bridgehead atoms. The van der Waals surface area contributed by atoms with Crippen LogP contribution >= 0.6 is 24.4 Å². The maximum Gasteiger partial charge on any atom is 0.180 e. The molecule has 1 aromatic rings. The lowest BCUT2D eigenvalue weighted by atomic mass is 10.0. The van der Waals surface area contributed by atoms with Crippen LogP contribution in [0.5, 0.6) is 0 Å². The van der Waals surface area contributed by atoms with Crippen molar-refractivity contribution < 1.29 is 18.6 Å². The predicted molar refractivity (Wildman–Crippen MR) is 65.5 cm³/mol. The summed E-state index contributed by atoms with van der Waals surface area (Å²) in [5.74, 6) is -0.703. The summed E-state index contributed by atoms with van der Waals surface area (Å²) >= 11 is 9.67. The van der Waals surface area contributed by atoms with Gasteiger partial charge in [0.15, 0.2) is 22.5 Å². The predicted octanol–water partition coefficient (Wildman–Crippen LogP) is 2.42. The van der Waals surface area contributed by atoms with Gasteiger partial charge in [-0.2, -0.15) is 0 Å². The lowest BCUT2D eigenvalue weighted by Crippen LogP contribution is -2.28. The van der Waals surface area contributed by atoms with E-state index in [9.17, 15) is 8.78 Å². The lowest BCUT2D eigenvalue weighted by Gasteiger charge is -2.23. The molecule has 0 saturated carbocycles. The van der Waals surface area contributed by atoms with Gasteiger partial charge >= 0.3 is 0 Å².